The molecule has 150 valence electrons. The van der Waals surface area contributed by atoms with Crippen LogP contribution in [0.3, 0.4) is 0 Å². The van der Waals surface area contributed by atoms with Gasteiger partial charge in [0.05, 0.1) is 24.2 Å². The lowest BCUT2D eigenvalue weighted by Crippen LogP contribution is -2.24. The van der Waals surface area contributed by atoms with Crippen molar-refractivity contribution in [2.45, 2.75) is 43.7 Å². The topological polar surface area (TPSA) is 74.6 Å². The van der Waals surface area contributed by atoms with Crippen LogP contribution < -0.4 is 10.3 Å². The quantitative estimate of drug-likeness (QED) is 0.741. The molecule has 1 aromatic heterocycles. The van der Waals surface area contributed by atoms with Crippen LogP contribution in [0.4, 0.5) is 0 Å². The van der Waals surface area contributed by atoms with Gasteiger partial charge in [0.1, 0.15) is 5.75 Å². The van der Waals surface area contributed by atoms with Crippen molar-refractivity contribution >= 4 is 9.84 Å². The number of nitrogens with zero attached hydrogens (tertiary/aromatic N) is 1. The van der Waals surface area contributed by atoms with E-state index >= 15 is 0 Å². The van der Waals surface area contributed by atoms with Crippen LogP contribution in [0.2, 0.25) is 0 Å². The number of hydrogen-bond donors (Lipinski definition) is 0. The number of aryl methyl sites for hydroxylation is 1. The van der Waals surface area contributed by atoms with Crippen LogP contribution >= 0.6 is 0 Å². The minimum atomic E-state index is -3.37. The second kappa shape index (κ2) is 7.04. The number of methoxy groups -OCH3 is 1. The smallest absolute Gasteiger partial charge is 0.253 e. The minimum Gasteiger partial charge on any atom is -0.493 e. The number of benzene rings is 1. The lowest BCUT2D eigenvalue weighted by molar-refractivity contribution is 0.103. The van der Waals surface area contributed by atoms with Crippen molar-refractivity contribution in [3.05, 3.63) is 45.9 Å². The molecular formula is C21H25NO5S. The summed E-state index contributed by atoms with van der Waals surface area (Å²) in [6.07, 6.45) is 4.07. The van der Waals surface area contributed by atoms with Gasteiger partial charge in [-0.25, -0.2) is 8.42 Å². The molecule has 1 aromatic carbocycles. The maximum atomic E-state index is 12.6. The predicted molar refractivity (Wildman–Crippen MR) is 107 cm³/mol. The average Bonchev–Trinajstić information content (AvgIpc) is 3.38. The Hall–Kier alpha value is -2.12. The van der Waals surface area contributed by atoms with Crippen LogP contribution in [0.5, 0.6) is 5.75 Å². The van der Waals surface area contributed by atoms with E-state index in [-0.39, 0.29) is 16.6 Å². The maximum Gasteiger partial charge on any atom is 0.253 e. The van der Waals surface area contributed by atoms with Crippen LogP contribution in [0.15, 0.2) is 34.0 Å². The van der Waals surface area contributed by atoms with E-state index in [1.807, 2.05) is 6.07 Å². The van der Waals surface area contributed by atoms with Crippen molar-refractivity contribution in [3.63, 3.8) is 0 Å². The summed E-state index contributed by atoms with van der Waals surface area (Å²) in [5.74, 6) is 1.23. The molecular weight excluding hydrogens is 378 g/mol. The average molecular weight is 404 g/mol. The highest BCUT2D eigenvalue weighted by molar-refractivity contribution is 7.90. The second-order valence-electron chi connectivity index (χ2n) is 7.85. The summed E-state index contributed by atoms with van der Waals surface area (Å²) in [5, 5.41) is 0. The molecule has 1 aliphatic carbocycles. The van der Waals surface area contributed by atoms with Crippen molar-refractivity contribution in [3.8, 4) is 16.9 Å². The molecule has 1 fully saturated rings. The molecule has 0 unspecified atom stereocenters. The molecule has 1 saturated carbocycles. The molecule has 2 aromatic rings. The second-order valence-corrected chi connectivity index (χ2v) is 9.87. The van der Waals surface area contributed by atoms with Gasteiger partial charge in [0, 0.05) is 42.2 Å². The Balaban J connectivity index is 1.89. The Morgan fingerprint density at radius 3 is 2.57 bits per heavy atom. The lowest BCUT2D eigenvalue weighted by Gasteiger charge is -2.17. The van der Waals surface area contributed by atoms with E-state index in [0.717, 1.165) is 11.3 Å². The number of pyridine rings is 1. The Morgan fingerprint density at radius 1 is 1.18 bits per heavy atom. The van der Waals surface area contributed by atoms with Gasteiger partial charge in [0.15, 0.2) is 9.84 Å². The monoisotopic (exact) mass is 403 g/mol. The fraction of sp³-hybridized carbons (Fsp3) is 0.476. The van der Waals surface area contributed by atoms with Crippen molar-refractivity contribution < 1.29 is 17.9 Å². The molecule has 28 heavy (non-hydrogen) atoms. The lowest BCUT2D eigenvalue weighted by atomic mass is 9.99. The summed E-state index contributed by atoms with van der Waals surface area (Å²) in [5.41, 5.74) is 3.01. The highest BCUT2D eigenvalue weighted by atomic mass is 32.2. The number of sulfone groups is 1. The van der Waals surface area contributed by atoms with E-state index in [2.05, 4.69) is 0 Å². The van der Waals surface area contributed by atoms with Gasteiger partial charge in [-0.05, 0) is 49.9 Å². The molecule has 1 aliphatic heterocycles. The molecule has 7 heteroatoms. The molecule has 0 N–H and O–H groups in total. The number of rotatable bonds is 6. The van der Waals surface area contributed by atoms with Gasteiger partial charge < -0.3 is 14.0 Å². The van der Waals surface area contributed by atoms with Gasteiger partial charge >= 0.3 is 0 Å². The fourth-order valence-electron chi connectivity index (χ4n) is 3.70. The van der Waals surface area contributed by atoms with Crippen LogP contribution in [0.25, 0.3) is 11.1 Å². The first-order valence-corrected chi connectivity index (χ1v) is 11.4. The van der Waals surface area contributed by atoms with Crippen molar-refractivity contribution in [1.82, 2.24) is 4.57 Å². The predicted octanol–water partition coefficient (Wildman–Crippen LogP) is 2.59. The van der Waals surface area contributed by atoms with Gasteiger partial charge in [0.25, 0.3) is 5.56 Å². The third-order valence-corrected chi connectivity index (χ3v) is 6.67. The summed E-state index contributed by atoms with van der Waals surface area (Å²) >= 11 is 0. The van der Waals surface area contributed by atoms with Crippen molar-refractivity contribution in [1.29, 1.82) is 0 Å². The summed E-state index contributed by atoms with van der Waals surface area (Å²) in [7, 11) is -1.72. The first kappa shape index (κ1) is 19.2. The molecule has 4 rings (SSSR count). The van der Waals surface area contributed by atoms with Crippen LogP contribution in [0.1, 0.15) is 24.1 Å². The molecule has 0 spiro atoms. The SMILES string of the molecule is CO[C@H]1Cc2c(-c3cc(S(C)(=O)=O)ccc3OCC3CC3)cc(C)c(=O)n2C1. The van der Waals surface area contributed by atoms with E-state index in [0.29, 0.717) is 42.4 Å². The van der Waals surface area contributed by atoms with E-state index in [1.54, 1.807) is 36.8 Å². The van der Waals surface area contributed by atoms with Crippen LogP contribution in [0, 0.1) is 12.8 Å². The molecule has 0 saturated heterocycles. The summed E-state index contributed by atoms with van der Waals surface area (Å²) < 4.78 is 37.6. The molecule has 0 amide bonds. The Labute approximate surface area is 165 Å². The largest absolute Gasteiger partial charge is 0.493 e. The number of hydrogen-bond acceptors (Lipinski definition) is 5. The Kier molecular flexibility index (Phi) is 4.83. The highest BCUT2D eigenvalue weighted by Crippen LogP contribution is 2.38. The zero-order chi connectivity index (χ0) is 20.1. The normalized spacial score (nSPS) is 18.9. The maximum absolute atomic E-state index is 12.6. The van der Waals surface area contributed by atoms with Crippen molar-refractivity contribution in [2.24, 2.45) is 5.92 Å². The standard InChI is InChI=1S/C21H25NO5S/c1-13-8-17(19-9-15(26-2)11-22(19)21(13)23)18-10-16(28(3,24)25)6-7-20(18)27-12-14-4-5-14/h6-8,10,14-15H,4-5,9,11-12H2,1-3H3/t15-/m0/s1. The van der Waals surface area contributed by atoms with E-state index < -0.39 is 9.84 Å². The molecule has 6 nitrogen and oxygen atoms in total. The van der Waals surface area contributed by atoms with Gasteiger partial charge in [-0.1, -0.05) is 0 Å². The van der Waals surface area contributed by atoms with E-state index in [1.165, 1.54) is 19.1 Å². The number of aromatic nitrogens is 1. The third-order valence-electron chi connectivity index (χ3n) is 5.56. The van der Waals surface area contributed by atoms with Crippen LogP contribution in [-0.2, 0) is 27.5 Å². The molecule has 2 aliphatic rings. The summed E-state index contributed by atoms with van der Waals surface area (Å²) in [6.45, 7) is 2.91. The third kappa shape index (κ3) is 3.61. The van der Waals surface area contributed by atoms with Gasteiger partial charge in [-0.3, -0.25) is 4.79 Å². The van der Waals surface area contributed by atoms with E-state index in [9.17, 15) is 13.2 Å². The number of ether oxygens (including phenoxy) is 2. The first-order chi connectivity index (χ1) is 13.3. The first-order valence-electron chi connectivity index (χ1n) is 9.51. The van der Waals surface area contributed by atoms with Gasteiger partial charge in [-0.15, -0.1) is 0 Å². The molecule has 1 atom stereocenters. The van der Waals surface area contributed by atoms with Crippen molar-refractivity contribution in [2.75, 3.05) is 20.0 Å². The Morgan fingerprint density at radius 2 is 1.93 bits per heavy atom. The zero-order valence-corrected chi connectivity index (χ0v) is 17.2. The molecule has 0 bridgehead atoms. The van der Waals surface area contributed by atoms with Crippen LogP contribution in [-0.4, -0.2) is 39.1 Å². The van der Waals surface area contributed by atoms with Gasteiger partial charge in [-0.2, -0.15) is 0 Å². The minimum absolute atomic E-state index is 0.0296. The highest BCUT2D eigenvalue weighted by Gasteiger charge is 2.28. The fourth-order valence-corrected chi connectivity index (χ4v) is 4.35. The summed E-state index contributed by atoms with van der Waals surface area (Å²) in [4.78, 5) is 12.9. The zero-order valence-electron chi connectivity index (χ0n) is 16.4. The summed E-state index contributed by atoms with van der Waals surface area (Å²) in [6, 6.07) is 6.82. The van der Waals surface area contributed by atoms with E-state index in [4.69, 9.17) is 9.47 Å². The van der Waals surface area contributed by atoms with Gasteiger partial charge in [0.2, 0.25) is 0 Å². The molecule has 0 radical (unpaired) electrons. The molecule has 2 heterocycles. The Bertz CT molecular complexity index is 1080. The number of fused-ring (bicyclic) bond motifs is 1.